The van der Waals surface area contributed by atoms with Gasteiger partial charge in [0.25, 0.3) is 37.6 Å². The van der Waals surface area contributed by atoms with Crippen LogP contribution in [0.1, 0.15) is 107 Å². The number of carbonyl (C=O) groups excluding carboxylic acids is 5. The molecular formula is C65H70ClF3N8O9S3. The minimum atomic E-state index is -6.15. The quantitative estimate of drug-likeness (QED) is 0.0287. The number of fused-ring (bicyclic) bond motifs is 1. The normalized spacial score (nSPS) is 19.1. The van der Waals surface area contributed by atoms with Crippen LogP contribution in [0.5, 0.6) is 0 Å². The van der Waals surface area contributed by atoms with Crippen LogP contribution in [0.25, 0.3) is 5.57 Å². The fourth-order valence-corrected chi connectivity index (χ4v) is 15.2. The summed E-state index contributed by atoms with van der Waals surface area (Å²) in [6.07, 6.45) is 4.72. The van der Waals surface area contributed by atoms with Gasteiger partial charge in [0.05, 0.1) is 21.7 Å². The van der Waals surface area contributed by atoms with Crippen LogP contribution in [-0.4, -0.2) is 161 Å². The molecule has 1 aliphatic carbocycles. The third-order valence-corrected chi connectivity index (χ3v) is 21.3. The third-order valence-electron chi connectivity index (χ3n) is 17.0. The zero-order chi connectivity index (χ0) is 63.3. The molecule has 3 saturated heterocycles. The number of allylic oxidation sites excluding steroid dienone is 1. The molecule has 5 aromatic rings. The number of alkyl halides is 3. The number of piperidine rings is 1. The molecular weight excluding hydrogens is 1230 g/mol. The first-order valence-electron chi connectivity index (χ1n) is 29.7. The number of rotatable bonds is 20. The maximum atomic E-state index is 14.5. The van der Waals surface area contributed by atoms with E-state index in [4.69, 9.17) is 11.6 Å². The second-order valence-electron chi connectivity index (χ2n) is 23.8. The predicted octanol–water partition coefficient (Wildman–Crippen LogP) is 9.35. The van der Waals surface area contributed by atoms with Crippen LogP contribution in [0.15, 0.2) is 136 Å². The Labute approximate surface area is 526 Å². The number of sulfone groups is 1. The van der Waals surface area contributed by atoms with Crippen LogP contribution in [0.2, 0.25) is 5.02 Å². The number of anilines is 2. The number of halogens is 4. The fraction of sp³-hybridized carbons (Fsp3) is 0.400. The first kappa shape index (κ1) is 64.9. The lowest BCUT2D eigenvalue weighted by Gasteiger charge is -2.39. The molecule has 4 aliphatic heterocycles. The number of piperazine rings is 2. The molecule has 5 aromatic carbocycles. The van der Waals surface area contributed by atoms with E-state index in [0.717, 1.165) is 73.1 Å². The lowest BCUT2D eigenvalue weighted by Crippen LogP contribution is -2.54. The van der Waals surface area contributed by atoms with Crippen molar-refractivity contribution >= 4 is 89.7 Å². The van der Waals surface area contributed by atoms with E-state index >= 15 is 0 Å². The second-order valence-corrected chi connectivity index (χ2v) is 28.9. The van der Waals surface area contributed by atoms with Crippen LogP contribution in [0.4, 0.5) is 24.5 Å². The zero-order valence-electron chi connectivity index (χ0n) is 49.4. The molecule has 2 unspecified atom stereocenters. The summed E-state index contributed by atoms with van der Waals surface area (Å²) >= 11 is 7.63. The summed E-state index contributed by atoms with van der Waals surface area (Å²) in [5, 5.41) is 5.93. The summed E-state index contributed by atoms with van der Waals surface area (Å²) in [6.45, 7) is 12.4. The summed E-state index contributed by atoms with van der Waals surface area (Å²) in [7, 11) is -11.1. The molecule has 10 rings (SSSR count). The van der Waals surface area contributed by atoms with Gasteiger partial charge in [0.1, 0.15) is 10.9 Å². The molecule has 24 heteroatoms. The first-order chi connectivity index (χ1) is 42.4. The maximum Gasteiger partial charge on any atom is 0.501 e. The Morgan fingerprint density at radius 3 is 2.17 bits per heavy atom. The number of hydrogen-bond donors (Lipinski definition) is 3. The Morgan fingerprint density at radius 2 is 1.48 bits per heavy atom. The third kappa shape index (κ3) is 15.6. The van der Waals surface area contributed by atoms with E-state index in [1.165, 1.54) is 46.7 Å². The topological polar surface area (TPSA) is 206 Å². The standard InChI is InChI=1S/C65H70ClF3N8O9S3/c1-64(2)29-27-53(44-15-19-48(66)20-16-44)47(41-64)42-75-36-38-76(39-37-75)50-21-17-46(18-22-50)60(79)72-89(85,86)52-23-24-55(57(40-52)88(83,84)65(67,68)69)70-49(43-87-51-12-6-3-7-13-51)28-31-74-34-32-73(33-35-74)30-8-4-5-10-45-11-9-14-54-59(45)63(82)77(62(54)81)56-25-26-58(78)71-61(56)80/h3,6-7,9,11-24,40,49,56,70H,4,8,25-39,41-43H2,1-2H3,(H,72,79)(H,71,78,80). The van der Waals surface area contributed by atoms with E-state index in [2.05, 4.69) is 68.1 Å². The van der Waals surface area contributed by atoms with Gasteiger partial charge in [0, 0.05) is 117 Å². The van der Waals surface area contributed by atoms with E-state index in [1.807, 2.05) is 47.2 Å². The molecule has 470 valence electrons. The van der Waals surface area contributed by atoms with Crippen LogP contribution < -0.4 is 20.3 Å². The Kier molecular flexibility index (Phi) is 20.1. The monoisotopic (exact) mass is 1290 g/mol. The molecule has 0 aromatic heterocycles. The Balaban J connectivity index is 0.741. The molecule has 17 nitrogen and oxygen atoms in total. The zero-order valence-corrected chi connectivity index (χ0v) is 52.6. The van der Waals surface area contributed by atoms with Crippen molar-refractivity contribution in [2.45, 2.75) is 97.5 Å². The van der Waals surface area contributed by atoms with E-state index in [-0.39, 0.29) is 34.9 Å². The number of sulfonamides is 1. The Morgan fingerprint density at radius 1 is 0.798 bits per heavy atom. The van der Waals surface area contributed by atoms with E-state index < -0.39 is 82.5 Å². The van der Waals surface area contributed by atoms with Gasteiger partial charge in [-0.25, -0.2) is 21.6 Å². The number of imide groups is 2. The van der Waals surface area contributed by atoms with Gasteiger partial charge in [-0.3, -0.25) is 39.1 Å². The summed E-state index contributed by atoms with van der Waals surface area (Å²) in [5.74, 6) is 3.03. The molecule has 5 aliphatic rings. The predicted molar refractivity (Wildman–Crippen MR) is 337 cm³/mol. The second kappa shape index (κ2) is 27.6. The number of benzene rings is 5. The Hall–Kier alpha value is -7.04. The first-order valence-corrected chi connectivity index (χ1v) is 34.1. The smallest absolute Gasteiger partial charge is 0.380 e. The van der Waals surface area contributed by atoms with Crippen molar-refractivity contribution in [3.8, 4) is 11.8 Å². The summed E-state index contributed by atoms with van der Waals surface area (Å²) < 4.78 is 99.8. The van der Waals surface area contributed by atoms with Crippen LogP contribution in [-0.2, 0) is 29.4 Å². The largest absolute Gasteiger partial charge is 0.501 e. The van der Waals surface area contributed by atoms with Crippen molar-refractivity contribution < 1.29 is 54.0 Å². The lowest BCUT2D eigenvalue weighted by atomic mass is 9.73. The lowest BCUT2D eigenvalue weighted by molar-refractivity contribution is -0.136. The van der Waals surface area contributed by atoms with Gasteiger partial charge in [0.15, 0.2) is 0 Å². The summed E-state index contributed by atoms with van der Waals surface area (Å²) in [4.78, 5) is 73.3. The van der Waals surface area contributed by atoms with Crippen molar-refractivity contribution in [3.05, 3.63) is 154 Å². The molecule has 3 fully saturated rings. The number of nitrogens with zero attached hydrogens (tertiary/aromatic N) is 5. The molecule has 5 amide bonds. The highest BCUT2D eigenvalue weighted by atomic mass is 35.5. The molecule has 0 bridgehead atoms. The number of unbranched alkanes of at least 4 members (excludes halogenated alkanes) is 1. The maximum absolute atomic E-state index is 14.5. The molecule has 3 N–H and O–H groups in total. The van der Waals surface area contributed by atoms with Gasteiger partial charge in [-0.1, -0.05) is 79.3 Å². The molecule has 2 atom stereocenters. The molecule has 4 heterocycles. The average Bonchev–Trinajstić information content (AvgIpc) is 1.62. The molecule has 0 spiro atoms. The Bertz CT molecular complexity index is 3830. The SMILES string of the molecule is CC1(C)CCC(c2ccc(Cl)cc2)=C(CN2CCN(c3ccc(C(=O)NS(=O)(=O)c4ccc(NC(CCN5CCN(CCCC#Cc6cccc7c6C(=O)N(C6CCC(=O)NC6=O)C7=O)CC5)CSc5ccccc5)c(S(=O)(=O)C(F)(F)F)c4)cc3)CC2)C1. The molecule has 0 saturated carbocycles. The van der Waals surface area contributed by atoms with Gasteiger partial charge in [-0.05, 0) is 140 Å². The number of carbonyl (C=O) groups is 5. The van der Waals surface area contributed by atoms with Crippen LogP contribution >= 0.6 is 23.4 Å². The van der Waals surface area contributed by atoms with Gasteiger partial charge < -0.3 is 20.0 Å². The molecule has 0 radical (unpaired) electrons. The average molecular weight is 1300 g/mol. The van der Waals surface area contributed by atoms with E-state index in [9.17, 15) is 54.0 Å². The minimum absolute atomic E-state index is 0.0113. The van der Waals surface area contributed by atoms with E-state index in [0.29, 0.717) is 87.5 Å². The number of amides is 5. The van der Waals surface area contributed by atoms with Crippen molar-refractivity contribution in [2.24, 2.45) is 5.41 Å². The van der Waals surface area contributed by atoms with Gasteiger partial charge in [-0.15, -0.1) is 11.8 Å². The summed E-state index contributed by atoms with van der Waals surface area (Å²) in [6, 6.07) is 29.2. The van der Waals surface area contributed by atoms with E-state index in [1.54, 1.807) is 24.3 Å². The van der Waals surface area contributed by atoms with Crippen LogP contribution in [0, 0.1) is 17.3 Å². The van der Waals surface area contributed by atoms with Crippen LogP contribution in [0.3, 0.4) is 0 Å². The van der Waals surface area contributed by atoms with Crippen molar-refractivity contribution in [3.63, 3.8) is 0 Å². The highest BCUT2D eigenvalue weighted by Gasteiger charge is 2.49. The number of hydrogen-bond acceptors (Lipinski definition) is 15. The fourth-order valence-electron chi connectivity index (χ4n) is 12.1. The summed E-state index contributed by atoms with van der Waals surface area (Å²) in [5.41, 5.74) is -0.578. The minimum Gasteiger partial charge on any atom is -0.380 e. The van der Waals surface area contributed by atoms with Gasteiger partial charge in [-0.2, -0.15) is 13.2 Å². The van der Waals surface area contributed by atoms with Gasteiger partial charge >= 0.3 is 5.51 Å². The van der Waals surface area contributed by atoms with Crippen molar-refractivity contribution in [2.75, 3.05) is 88.0 Å². The van der Waals surface area contributed by atoms with Gasteiger partial charge in [0.2, 0.25) is 11.8 Å². The number of thioether (sulfide) groups is 1. The highest BCUT2D eigenvalue weighted by Crippen LogP contribution is 2.43. The molecule has 89 heavy (non-hydrogen) atoms. The van der Waals surface area contributed by atoms with Crippen molar-refractivity contribution in [1.82, 2.24) is 29.6 Å². The van der Waals surface area contributed by atoms with Crippen molar-refractivity contribution in [1.29, 1.82) is 0 Å². The number of nitrogens with one attached hydrogen (secondary N) is 3. The highest BCUT2D eigenvalue weighted by molar-refractivity contribution is 7.99.